The number of amides is 3. The molecule has 1 aliphatic rings. The Morgan fingerprint density at radius 2 is 1.59 bits per heavy atom. The van der Waals surface area contributed by atoms with E-state index in [-0.39, 0.29) is 11.8 Å². The molecule has 3 amide bonds. The minimum absolute atomic E-state index is 0.148. The number of carbonyl (C=O) groups excluding carboxylic acids is 3. The molecule has 0 aromatic heterocycles. The summed E-state index contributed by atoms with van der Waals surface area (Å²) in [7, 11) is 3.44. The molecule has 2 atom stereocenters. The number of benzene rings is 3. The van der Waals surface area contributed by atoms with Gasteiger partial charge in [-0.05, 0) is 55.5 Å². The zero-order valence-electron chi connectivity index (χ0n) is 23.6. The van der Waals surface area contributed by atoms with Crippen LogP contribution in [0.25, 0.3) is 10.8 Å². The van der Waals surface area contributed by atoms with Gasteiger partial charge in [-0.2, -0.15) is 0 Å². The van der Waals surface area contributed by atoms with Crippen LogP contribution in [0.1, 0.15) is 44.7 Å². The summed E-state index contributed by atoms with van der Waals surface area (Å²) in [5.74, 6) is -0.393. The zero-order chi connectivity index (χ0) is 28.2. The first-order chi connectivity index (χ1) is 18.5. The van der Waals surface area contributed by atoms with E-state index in [1.807, 2.05) is 81.4 Å². The third-order valence-electron chi connectivity index (χ3n) is 7.15. The van der Waals surface area contributed by atoms with Gasteiger partial charge in [-0.15, -0.1) is 0 Å². The molecule has 206 valence electrons. The number of likely N-dealkylation sites (N-methyl/N-ethyl adjacent to an activating group) is 2. The maximum absolute atomic E-state index is 13.9. The third kappa shape index (κ3) is 6.96. The first kappa shape index (κ1) is 28.1. The second-order valence-corrected chi connectivity index (χ2v) is 11.4. The van der Waals surface area contributed by atoms with Crippen molar-refractivity contribution >= 4 is 28.7 Å². The molecule has 1 aliphatic heterocycles. The van der Waals surface area contributed by atoms with Gasteiger partial charge in [-0.3, -0.25) is 14.5 Å². The number of carbonyl (C=O) groups is 3. The van der Waals surface area contributed by atoms with Crippen LogP contribution in [0, 0.1) is 0 Å². The lowest BCUT2D eigenvalue weighted by atomic mass is 9.99. The molecule has 1 heterocycles. The van der Waals surface area contributed by atoms with E-state index in [1.165, 1.54) is 9.80 Å². The van der Waals surface area contributed by atoms with Crippen LogP contribution in [0.5, 0.6) is 0 Å². The molecule has 4 rings (SSSR count). The van der Waals surface area contributed by atoms with Crippen molar-refractivity contribution < 1.29 is 19.1 Å². The number of fused-ring (bicyclic) bond motifs is 1. The van der Waals surface area contributed by atoms with Crippen molar-refractivity contribution in [1.82, 2.24) is 14.7 Å². The predicted octanol–water partition coefficient (Wildman–Crippen LogP) is 5.27. The zero-order valence-corrected chi connectivity index (χ0v) is 23.6. The van der Waals surface area contributed by atoms with Gasteiger partial charge in [0.05, 0.1) is 0 Å². The monoisotopic (exact) mass is 529 g/mol. The van der Waals surface area contributed by atoms with Gasteiger partial charge in [0.2, 0.25) is 11.8 Å². The predicted molar refractivity (Wildman–Crippen MR) is 153 cm³/mol. The Labute approximate surface area is 231 Å². The van der Waals surface area contributed by atoms with E-state index in [4.69, 9.17) is 4.74 Å². The van der Waals surface area contributed by atoms with Gasteiger partial charge in [0, 0.05) is 33.6 Å². The molecule has 0 unspecified atom stereocenters. The molecular weight excluding hydrogens is 490 g/mol. The van der Waals surface area contributed by atoms with Crippen molar-refractivity contribution in [3.8, 4) is 0 Å². The van der Waals surface area contributed by atoms with Crippen molar-refractivity contribution in [2.75, 3.05) is 20.6 Å². The minimum Gasteiger partial charge on any atom is -0.444 e. The molecule has 7 nitrogen and oxygen atoms in total. The van der Waals surface area contributed by atoms with Crippen molar-refractivity contribution in [2.24, 2.45) is 0 Å². The fourth-order valence-corrected chi connectivity index (χ4v) is 5.12. The average Bonchev–Trinajstić information content (AvgIpc) is 3.40. The van der Waals surface area contributed by atoms with Crippen LogP contribution in [-0.4, -0.2) is 70.9 Å². The van der Waals surface area contributed by atoms with E-state index in [1.54, 1.807) is 19.0 Å². The van der Waals surface area contributed by atoms with Crippen LogP contribution in [-0.2, 0) is 27.3 Å². The van der Waals surface area contributed by atoms with Gasteiger partial charge in [-0.25, -0.2) is 4.79 Å². The van der Waals surface area contributed by atoms with Gasteiger partial charge in [0.15, 0.2) is 0 Å². The van der Waals surface area contributed by atoms with Gasteiger partial charge in [-0.1, -0.05) is 72.8 Å². The first-order valence-electron chi connectivity index (χ1n) is 13.6. The molecule has 39 heavy (non-hydrogen) atoms. The van der Waals surface area contributed by atoms with Crippen LogP contribution in [0.4, 0.5) is 4.79 Å². The van der Waals surface area contributed by atoms with Crippen molar-refractivity contribution in [2.45, 2.75) is 64.3 Å². The summed E-state index contributed by atoms with van der Waals surface area (Å²) in [5, 5.41) is 2.20. The summed E-state index contributed by atoms with van der Waals surface area (Å²) < 4.78 is 5.57. The largest absolute Gasteiger partial charge is 0.444 e. The Bertz CT molecular complexity index is 1320. The van der Waals surface area contributed by atoms with Gasteiger partial charge in [0.1, 0.15) is 17.7 Å². The molecule has 0 bridgehead atoms. The molecule has 1 fully saturated rings. The van der Waals surface area contributed by atoms with E-state index < -0.39 is 23.8 Å². The summed E-state index contributed by atoms with van der Waals surface area (Å²) in [6, 6.07) is 22.6. The van der Waals surface area contributed by atoms with Crippen LogP contribution in [0.2, 0.25) is 0 Å². The number of rotatable bonds is 7. The molecule has 7 heteroatoms. The maximum atomic E-state index is 13.9. The molecule has 0 radical (unpaired) electrons. The minimum atomic E-state index is -0.728. The molecule has 0 N–H and O–H groups in total. The number of ether oxygens (including phenoxy) is 1. The second kappa shape index (κ2) is 11.9. The standard InChI is InChI=1S/C32H39N3O4/c1-32(2,3)39-31(38)35-19-11-16-27(35)30(37)34(5)28(29(36)33(4)22-23-12-7-6-8-13-23)21-24-17-18-25-14-9-10-15-26(25)20-24/h6-10,12-15,17-18,20,27-28H,11,16,19,21-22H2,1-5H3/t27-,28-/m1/s1. The maximum Gasteiger partial charge on any atom is 0.410 e. The summed E-state index contributed by atoms with van der Waals surface area (Å²) in [6.45, 7) is 6.32. The van der Waals surface area contributed by atoms with Crippen molar-refractivity contribution in [1.29, 1.82) is 0 Å². The van der Waals surface area contributed by atoms with Crippen molar-refractivity contribution in [3.05, 3.63) is 83.9 Å². The normalized spacial score (nSPS) is 16.1. The number of likely N-dealkylation sites (tertiary alicyclic amines) is 1. The molecule has 0 saturated carbocycles. The third-order valence-corrected chi connectivity index (χ3v) is 7.15. The van der Waals surface area contributed by atoms with E-state index in [0.717, 1.165) is 21.9 Å². The highest BCUT2D eigenvalue weighted by molar-refractivity contribution is 5.92. The van der Waals surface area contributed by atoms with Gasteiger partial charge in [0.25, 0.3) is 0 Å². The smallest absolute Gasteiger partial charge is 0.410 e. The Balaban J connectivity index is 1.59. The lowest BCUT2D eigenvalue weighted by Gasteiger charge is -2.35. The van der Waals surface area contributed by atoms with Crippen LogP contribution in [0.3, 0.4) is 0 Å². The van der Waals surface area contributed by atoms with E-state index in [9.17, 15) is 14.4 Å². The Morgan fingerprint density at radius 1 is 0.923 bits per heavy atom. The van der Waals surface area contributed by atoms with Crippen molar-refractivity contribution in [3.63, 3.8) is 0 Å². The number of hydrogen-bond donors (Lipinski definition) is 0. The Morgan fingerprint density at radius 3 is 2.28 bits per heavy atom. The van der Waals surface area contributed by atoms with Gasteiger partial charge >= 0.3 is 6.09 Å². The molecule has 3 aromatic rings. The summed E-state index contributed by atoms with van der Waals surface area (Å²) in [5.41, 5.74) is 1.32. The number of nitrogens with zero attached hydrogens (tertiary/aromatic N) is 3. The molecule has 1 saturated heterocycles. The lowest BCUT2D eigenvalue weighted by molar-refractivity contribution is -0.146. The Kier molecular flexibility index (Phi) is 8.58. The van der Waals surface area contributed by atoms with Crippen LogP contribution >= 0.6 is 0 Å². The summed E-state index contributed by atoms with van der Waals surface area (Å²) in [4.78, 5) is 45.4. The van der Waals surface area contributed by atoms with E-state index in [2.05, 4.69) is 12.1 Å². The highest BCUT2D eigenvalue weighted by Crippen LogP contribution is 2.25. The fraction of sp³-hybridized carbons (Fsp3) is 0.406. The fourth-order valence-electron chi connectivity index (χ4n) is 5.12. The van der Waals surface area contributed by atoms with E-state index in [0.29, 0.717) is 32.4 Å². The SMILES string of the molecule is CN(Cc1ccccc1)C(=O)[C@@H](Cc1ccc2ccccc2c1)N(C)C(=O)[C@H]1CCCN1C(=O)OC(C)(C)C. The highest BCUT2D eigenvalue weighted by Gasteiger charge is 2.41. The quantitative estimate of drug-likeness (QED) is 0.418. The summed E-state index contributed by atoms with van der Waals surface area (Å²) >= 11 is 0. The second-order valence-electron chi connectivity index (χ2n) is 11.4. The molecule has 3 aromatic carbocycles. The number of hydrogen-bond acceptors (Lipinski definition) is 4. The first-order valence-corrected chi connectivity index (χ1v) is 13.6. The van der Waals surface area contributed by atoms with Crippen LogP contribution < -0.4 is 0 Å². The Hall–Kier alpha value is -3.87. The molecule has 0 spiro atoms. The van der Waals surface area contributed by atoms with E-state index >= 15 is 0 Å². The van der Waals surface area contributed by atoms with Gasteiger partial charge < -0.3 is 14.5 Å². The summed E-state index contributed by atoms with van der Waals surface area (Å²) in [6.07, 6.45) is 1.12. The lowest BCUT2D eigenvalue weighted by Crippen LogP contribution is -2.55. The topological polar surface area (TPSA) is 70.2 Å². The van der Waals surface area contributed by atoms with Crippen LogP contribution in [0.15, 0.2) is 72.8 Å². The molecular formula is C32H39N3O4. The average molecular weight is 530 g/mol. The highest BCUT2D eigenvalue weighted by atomic mass is 16.6. The molecule has 0 aliphatic carbocycles.